The first-order valence-electron chi connectivity index (χ1n) is 8.99. The summed E-state index contributed by atoms with van der Waals surface area (Å²) < 4.78 is 24.5. The number of nitrogens with zero attached hydrogens (tertiary/aromatic N) is 1. The molecule has 1 N–H and O–H groups in total. The molecule has 8 heteroatoms. The molecule has 1 aliphatic heterocycles. The van der Waals surface area contributed by atoms with Crippen molar-refractivity contribution in [3.63, 3.8) is 0 Å². The molecule has 0 aliphatic carbocycles. The van der Waals surface area contributed by atoms with Crippen molar-refractivity contribution in [3.8, 4) is 0 Å². The van der Waals surface area contributed by atoms with Gasteiger partial charge in [0.25, 0.3) is 0 Å². The van der Waals surface area contributed by atoms with E-state index in [1.54, 1.807) is 4.90 Å². The number of nitrogens with one attached hydrogen (secondary N) is 1. The van der Waals surface area contributed by atoms with Crippen LogP contribution in [-0.2, 0) is 26.0 Å². The Morgan fingerprint density at radius 1 is 1.07 bits per heavy atom. The first-order chi connectivity index (χ1) is 13.3. The number of benzene rings is 2. The monoisotopic (exact) mass is 420 g/mol. The second-order valence-electron chi connectivity index (χ2n) is 6.61. The van der Waals surface area contributed by atoms with E-state index >= 15 is 0 Å². The van der Waals surface area contributed by atoms with Crippen molar-refractivity contribution in [3.05, 3.63) is 59.1 Å². The Labute approximate surface area is 169 Å². The number of halogens is 1. The van der Waals surface area contributed by atoms with E-state index in [0.29, 0.717) is 18.0 Å². The maximum atomic E-state index is 12.3. The molecule has 6 nitrogen and oxygen atoms in total. The zero-order chi connectivity index (χ0) is 20.1. The predicted molar refractivity (Wildman–Crippen MR) is 108 cm³/mol. The van der Waals surface area contributed by atoms with Crippen LogP contribution in [-0.4, -0.2) is 32.5 Å². The molecule has 1 aliphatic rings. The minimum Gasteiger partial charge on any atom is -0.352 e. The first kappa shape index (κ1) is 20.4. The molecule has 0 bridgehead atoms. The lowest BCUT2D eigenvalue weighted by Gasteiger charge is -2.16. The number of hydrogen-bond donors (Lipinski definition) is 1. The Balaban J connectivity index is 1.49. The van der Waals surface area contributed by atoms with Crippen molar-refractivity contribution in [1.82, 2.24) is 5.32 Å². The fourth-order valence-corrected chi connectivity index (χ4v) is 4.36. The molecule has 0 unspecified atom stereocenters. The van der Waals surface area contributed by atoms with Gasteiger partial charge in [0.15, 0.2) is 9.84 Å². The molecule has 28 heavy (non-hydrogen) atoms. The van der Waals surface area contributed by atoms with Crippen LogP contribution in [0.4, 0.5) is 5.69 Å². The fourth-order valence-electron chi connectivity index (χ4n) is 2.99. The average Bonchev–Trinajstić information content (AvgIpc) is 3.11. The molecule has 3 rings (SSSR count). The summed E-state index contributed by atoms with van der Waals surface area (Å²) in [5.74, 6) is -0.476. The summed E-state index contributed by atoms with van der Waals surface area (Å²) in [4.78, 5) is 25.7. The van der Waals surface area contributed by atoms with Gasteiger partial charge in [0.2, 0.25) is 11.8 Å². The summed E-state index contributed by atoms with van der Waals surface area (Å²) in [6.07, 6.45) is 1.33. The Hall–Kier alpha value is -2.38. The van der Waals surface area contributed by atoms with E-state index in [-0.39, 0.29) is 28.9 Å². The first-order valence-corrected chi connectivity index (χ1v) is 11.0. The van der Waals surface area contributed by atoms with Crippen LogP contribution in [0.1, 0.15) is 24.8 Å². The van der Waals surface area contributed by atoms with Crippen molar-refractivity contribution in [2.75, 3.05) is 17.2 Å². The summed E-state index contributed by atoms with van der Waals surface area (Å²) in [6.45, 7) is 1.03. The van der Waals surface area contributed by atoms with E-state index in [2.05, 4.69) is 5.32 Å². The van der Waals surface area contributed by atoms with E-state index in [1.807, 2.05) is 24.3 Å². The van der Waals surface area contributed by atoms with Crippen molar-refractivity contribution in [1.29, 1.82) is 0 Å². The summed E-state index contributed by atoms with van der Waals surface area (Å²) in [6, 6.07) is 13.3. The molecule has 148 valence electrons. The molecule has 2 aromatic carbocycles. The number of anilines is 1. The Morgan fingerprint density at radius 2 is 1.75 bits per heavy atom. The lowest BCUT2D eigenvalue weighted by molar-refractivity contribution is -0.121. The third-order valence-electron chi connectivity index (χ3n) is 4.58. The Bertz CT molecular complexity index is 957. The van der Waals surface area contributed by atoms with E-state index in [4.69, 9.17) is 11.6 Å². The highest BCUT2D eigenvalue weighted by Gasteiger charge is 2.21. The van der Waals surface area contributed by atoms with Crippen molar-refractivity contribution in [2.24, 2.45) is 0 Å². The molecule has 2 amide bonds. The minimum absolute atomic E-state index is 0.120. The van der Waals surface area contributed by atoms with Gasteiger partial charge in [-0.05, 0) is 48.4 Å². The molecule has 0 atom stereocenters. The van der Waals surface area contributed by atoms with Crippen LogP contribution in [0.25, 0.3) is 0 Å². The summed E-state index contributed by atoms with van der Waals surface area (Å²) in [5, 5.41) is 3.18. The van der Waals surface area contributed by atoms with E-state index in [0.717, 1.165) is 24.2 Å². The SMILES string of the molecule is O=C(CCS(=O)(=O)c1ccc(Cl)cc1)NCc1ccc(N2CCCC2=O)cc1. The second-order valence-corrected chi connectivity index (χ2v) is 9.16. The lowest BCUT2D eigenvalue weighted by atomic mass is 10.2. The Kier molecular flexibility index (Phi) is 6.36. The lowest BCUT2D eigenvalue weighted by Crippen LogP contribution is -2.25. The van der Waals surface area contributed by atoms with Crippen LogP contribution in [0, 0.1) is 0 Å². The largest absolute Gasteiger partial charge is 0.352 e. The van der Waals surface area contributed by atoms with Crippen LogP contribution in [0.3, 0.4) is 0 Å². The van der Waals surface area contributed by atoms with Crippen molar-refractivity contribution < 1.29 is 18.0 Å². The molecular weight excluding hydrogens is 400 g/mol. The fraction of sp³-hybridized carbons (Fsp3) is 0.300. The van der Waals surface area contributed by atoms with Gasteiger partial charge in [-0.2, -0.15) is 0 Å². The average molecular weight is 421 g/mol. The quantitative estimate of drug-likeness (QED) is 0.746. The summed E-state index contributed by atoms with van der Waals surface area (Å²) in [5.41, 5.74) is 1.73. The Morgan fingerprint density at radius 3 is 2.36 bits per heavy atom. The normalized spacial score (nSPS) is 14.3. The zero-order valence-electron chi connectivity index (χ0n) is 15.2. The molecule has 0 saturated carbocycles. The van der Waals surface area contributed by atoms with Gasteiger partial charge in [-0.15, -0.1) is 0 Å². The smallest absolute Gasteiger partial charge is 0.227 e. The number of carbonyl (C=O) groups is 2. The zero-order valence-corrected chi connectivity index (χ0v) is 16.8. The molecule has 1 fully saturated rings. The molecule has 0 aromatic heterocycles. The topological polar surface area (TPSA) is 83.6 Å². The molecule has 0 spiro atoms. The highest BCUT2D eigenvalue weighted by atomic mass is 35.5. The molecule has 0 radical (unpaired) electrons. The van der Waals surface area contributed by atoms with Gasteiger partial charge in [0.1, 0.15) is 0 Å². The highest BCUT2D eigenvalue weighted by molar-refractivity contribution is 7.91. The van der Waals surface area contributed by atoms with Gasteiger partial charge >= 0.3 is 0 Å². The van der Waals surface area contributed by atoms with Gasteiger partial charge in [-0.25, -0.2) is 8.42 Å². The van der Waals surface area contributed by atoms with Gasteiger partial charge in [0.05, 0.1) is 10.6 Å². The number of sulfone groups is 1. The van der Waals surface area contributed by atoms with Crippen LogP contribution in [0.15, 0.2) is 53.4 Å². The molecular formula is C20H21ClN2O4S. The van der Waals surface area contributed by atoms with Crippen LogP contribution in [0.5, 0.6) is 0 Å². The number of carbonyl (C=O) groups excluding carboxylic acids is 2. The standard InChI is InChI=1S/C20H21ClN2O4S/c21-16-5-9-18(10-6-16)28(26,27)13-11-19(24)22-14-15-3-7-17(8-4-15)23-12-1-2-20(23)25/h3-10H,1-2,11-14H2,(H,22,24). The van der Waals surface area contributed by atoms with Gasteiger partial charge < -0.3 is 10.2 Å². The van der Waals surface area contributed by atoms with Crippen LogP contribution < -0.4 is 10.2 Å². The van der Waals surface area contributed by atoms with Gasteiger partial charge in [-0.3, -0.25) is 9.59 Å². The van der Waals surface area contributed by atoms with Crippen LogP contribution in [0.2, 0.25) is 5.02 Å². The van der Waals surface area contributed by atoms with E-state index < -0.39 is 9.84 Å². The maximum Gasteiger partial charge on any atom is 0.227 e. The maximum absolute atomic E-state index is 12.3. The van der Waals surface area contributed by atoms with Crippen molar-refractivity contribution >= 4 is 38.9 Å². The third-order valence-corrected chi connectivity index (χ3v) is 6.57. The van der Waals surface area contributed by atoms with E-state index in [9.17, 15) is 18.0 Å². The third kappa shape index (κ3) is 5.11. The minimum atomic E-state index is -3.53. The van der Waals surface area contributed by atoms with Gasteiger partial charge in [0, 0.05) is 36.6 Å². The summed E-state index contributed by atoms with van der Waals surface area (Å²) in [7, 11) is -3.53. The number of rotatable bonds is 7. The predicted octanol–water partition coefficient (Wildman–Crippen LogP) is 2.95. The highest BCUT2D eigenvalue weighted by Crippen LogP contribution is 2.21. The number of hydrogen-bond acceptors (Lipinski definition) is 4. The second kappa shape index (κ2) is 8.75. The molecule has 1 saturated heterocycles. The summed E-state index contributed by atoms with van der Waals surface area (Å²) >= 11 is 5.76. The molecule has 2 aromatic rings. The molecule has 1 heterocycles. The van der Waals surface area contributed by atoms with E-state index in [1.165, 1.54) is 24.3 Å². The van der Waals surface area contributed by atoms with Crippen LogP contribution >= 0.6 is 11.6 Å². The van der Waals surface area contributed by atoms with Crippen molar-refractivity contribution in [2.45, 2.75) is 30.7 Å². The number of amides is 2. The van der Waals surface area contributed by atoms with Gasteiger partial charge in [-0.1, -0.05) is 23.7 Å².